The highest BCUT2D eigenvalue weighted by atomic mass is 16.5. The third kappa shape index (κ3) is 11.5. The minimum Gasteiger partial charge on any atom is -0.488 e. The zero-order chi connectivity index (χ0) is 43.3. The van der Waals surface area contributed by atoms with Crippen molar-refractivity contribution < 1.29 is 14.2 Å². The smallest absolute Gasteiger partial charge is 0.133 e. The van der Waals surface area contributed by atoms with Crippen molar-refractivity contribution in [1.29, 1.82) is 0 Å². The van der Waals surface area contributed by atoms with Gasteiger partial charge in [0.25, 0.3) is 0 Å². The summed E-state index contributed by atoms with van der Waals surface area (Å²) in [6, 6.07) is 21.0. The first-order chi connectivity index (χ1) is 25.8. The molecule has 0 heterocycles. The quantitative estimate of drug-likeness (QED) is 0.169. The zero-order valence-corrected chi connectivity index (χ0v) is 40.0. The van der Waals surface area contributed by atoms with Crippen LogP contribution in [0.2, 0.25) is 0 Å². The van der Waals surface area contributed by atoms with Crippen LogP contribution in [0.5, 0.6) is 17.2 Å². The van der Waals surface area contributed by atoms with E-state index in [2.05, 4.69) is 200 Å². The van der Waals surface area contributed by atoms with Crippen molar-refractivity contribution in [3.05, 3.63) is 121 Å². The molecule has 0 saturated heterocycles. The van der Waals surface area contributed by atoms with Gasteiger partial charge in [0, 0.05) is 16.7 Å². The first-order valence-corrected chi connectivity index (χ1v) is 21.2. The van der Waals surface area contributed by atoms with Gasteiger partial charge in [-0.3, -0.25) is 0 Å². The van der Waals surface area contributed by atoms with E-state index < -0.39 is 0 Å². The zero-order valence-electron chi connectivity index (χ0n) is 40.0. The fourth-order valence-corrected chi connectivity index (χ4v) is 7.19. The molecule has 57 heavy (non-hydrogen) atoms. The molecule has 4 aromatic rings. The summed E-state index contributed by atoms with van der Waals surface area (Å²) in [7, 11) is 0. The highest BCUT2D eigenvalue weighted by Gasteiger charge is 2.26. The van der Waals surface area contributed by atoms with Crippen LogP contribution in [0.25, 0.3) is 0 Å². The Balaban J connectivity index is 1.84. The molecule has 4 rings (SSSR count). The van der Waals surface area contributed by atoms with E-state index in [4.69, 9.17) is 14.2 Å². The lowest BCUT2D eigenvalue weighted by molar-refractivity contribution is 0.265. The lowest BCUT2D eigenvalue weighted by Gasteiger charge is -2.28. The highest BCUT2D eigenvalue weighted by molar-refractivity contribution is 5.62. The SMILES string of the molecule is Cc1c(OCc2cc(C(C)(C)C)cc(C(C)(C)C)c2)c(C)c(OCc2cc(C(C)(C)C)cc(C(C)(C)C)c2)c(C)c1OCc1cc(C(C)(C)C)cc(C(C)(C)C)c1. The van der Waals surface area contributed by atoms with Crippen molar-refractivity contribution in [2.75, 3.05) is 0 Å². The first kappa shape index (κ1) is 46.0. The number of benzene rings is 4. The standard InChI is InChI=1S/C54H78O3/c1-34-46(55-31-37-22-40(49(4,5)6)28-41(23-37)50(7,8)9)35(2)48(57-33-39-26-44(53(16,17)18)30-45(27-39)54(19,20)21)36(3)47(34)56-32-38-24-42(51(10,11)12)29-43(25-38)52(13,14)15/h22-30H,31-33H2,1-21H3. The molecule has 0 unspecified atom stereocenters. The van der Waals surface area contributed by atoms with Crippen molar-refractivity contribution >= 4 is 0 Å². The second-order valence-electron chi connectivity index (χ2n) is 23.0. The molecular weight excluding hydrogens is 697 g/mol. The third-order valence-electron chi connectivity index (χ3n) is 11.4. The second-order valence-corrected chi connectivity index (χ2v) is 23.0. The molecule has 0 fully saturated rings. The van der Waals surface area contributed by atoms with E-state index in [-0.39, 0.29) is 32.5 Å². The number of hydrogen-bond donors (Lipinski definition) is 0. The molecule has 0 aliphatic carbocycles. The number of hydrogen-bond acceptors (Lipinski definition) is 3. The number of ether oxygens (including phenoxy) is 3. The Kier molecular flexibility index (Phi) is 13.0. The highest BCUT2D eigenvalue weighted by Crippen LogP contribution is 2.44. The van der Waals surface area contributed by atoms with Gasteiger partial charge in [-0.15, -0.1) is 0 Å². The molecule has 3 nitrogen and oxygen atoms in total. The lowest BCUT2D eigenvalue weighted by atomic mass is 9.79. The largest absolute Gasteiger partial charge is 0.488 e. The Morgan fingerprint density at radius 2 is 0.439 bits per heavy atom. The summed E-state index contributed by atoms with van der Waals surface area (Å²) in [6.45, 7) is 48.8. The van der Waals surface area contributed by atoms with Gasteiger partial charge in [-0.2, -0.15) is 0 Å². The molecule has 0 radical (unpaired) electrons. The second kappa shape index (κ2) is 16.1. The molecule has 3 heteroatoms. The number of rotatable bonds is 9. The summed E-state index contributed by atoms with van der Waals surface area (Å²) < 4.78 is 20.8. The van der Waals surface area contributed by atoms with Crippen LogP contribution in [0.4, 0.5) is 0 Å². The van der Waals surface area contributed by atoms with Gasteiger partial charge < -0.3 is 14.2 Å². The predicted octanol–water partition coefficient (Wildman–Crippen LogP) is 15.1. The Morgan fingerprint density at radius 3 is 0.579 bits per heavy atom. The molecule has 0 spiro atoms. The minimum atomic E-state index is 0.0159. The molecule has 0 saturated carbocycles. The summed E-state index contributed by atoms with van der Waals surface area (Å²) in [6.07, 6.45) is 0. The van der Waals surface area contributed by atoms with Crippen molar-refractivity contribution in [1.82, 2.24) is 0 Å². The van der Waals surface area contributed by atoms with Gasteiger partial charge in [0.15, 0.2) is 0 Å². The Bertz CT molecular complexity index is 1700. The maximum Gasteiger partial charge on any atom is 0.133 e. The normalized spacial score (nSPS) is 13.2. The van der Waals surface area contributed by atoms with E-state index in [0.717, 1.165) is 33.9 Å². The maximum absolute atomic E-state index is 6.92. The minimum absolute atomic E-state index is 0.0159. The Hall–Kier alpha value is -3.72. The van der Waals surface area contributed by atoms with Crippen molar-refractivity contribution in [3.63, 3.8) is 0 Å². The summed E-state index contributed by atoms with van der Waals surface area (Å²) in [5, 5.41) is 0. The summed E-state index contributed by atoms with van der Waals surface area (Å²) >= 11 is 0. The van der Waals surface area contributed by atoms with Crippen LogP contribution in [0, 0.1) is 20.8 Å². The van der Waals surface area contributed by atoms with Gasteiger partial charge in [-0.25, -0.2) is 0 Å². The van der Waals surface area contributed by atoms with Crippen LogP contribution >= 0.6 is 0 Å². The van der Waals surface area contributed by atoms with E-state index >= 15 is 0 Å². The molecule has 0 amide bonds. The van der Waals surface area contributed by atoms with Crippen LogP contribution in [-0.2, 0) is 52.3 Å². The third-order valence-corrected chi connectivity index (χ3v) is 11.4. The van der Waals surface area contributed by atoms with Gasteiger partial charge >= 0.3 is 0 Å². The molecule has 312 valence electrons. The predicted molar refractivity (Wildman–Crippen MR) is 245 cm³/mol. The summed E-state index contributed by atoms with van der Waals surface area (Å²) in [4.78, 5) is 0. The van der Waals surface area contributed by atoms with Gasteiger partial charge in [0.1, 0.15) is 37.1 Å². The first-order valence-electron chi connectivity index (χ1n) is 21.2. The van der Waals surface area contributed by atoms with Gasteiger partial charge in [0.2, 0.25) is 0 Å². The van der Waals surface area contributed by atoms with Crippen LogP contribution in [0.3, 0.4) is 0 Å². The van der Waals surface area contributed by atoms with E-state index in [1.807, 2.05) is 0 Å². The van der Waals surface area contributed by atoms with Crippen LogP contribution in [0.1, 0.15) is 191 Å². The monoisotopic (exact) mass is 775 g/mol. The summed E-state index contributed by atoms with van der Waals surface area (Å²) in [5.74, 6) is 2.46. The molecule has 4 aromatic carbocycles. The molecule has 0 aliphatic heterocycles. The Labute approximate surface area is 349 Å². The van der Waals surface area contributed by atoms with E-state index in [9.17, 15) is 0 Å². The van der Waals surface area contributed by atoms with Crippen LogP contribution < -0.4 is 14.2 Å². The average molecular weight is 775 g/mol. The average Bonchev–Trinajstić information content (AvgIpc) is 3.05. The van der Waals surface area contributed by atoms with Crippen LogP contribution in [0.15, 0.2) is 54.6 Å². The maximum atomic E-state index is 6.92. The van der Waals surface area contributed by atoms with E-state index in [1.54, 1.807) is 0 Å². The van der Waals surface area contributed by atoms with Crippen molar-refractivity contribution in [3.8, 4) is 17.2 Å². The Morgan fingerprint density at radius 1 is 0.281 bits per heavy atom. The van der Waals surface area contributed by atoms with E-state index in [1.165, 1.54) is 50.1 Å². The molecular formula is C54H78O3. The molecule has 0 atom stereocenters. The summed E-state index contributed by atoms with van der Waals surface area (Å²) in [5.41, 5.74) is 14.5. The topological polar surface area (TPSA) is 27.7 Å². The fourth-order valence-electron chi connectivity index (χ4n) is 7.19. The van der Waals surface area contributed by atoms with E-state index in [0.29, 0.717) is 19.8 Å². The van der Waals surface area contributed by atoms with Gasteiger partial charge in [-0.05, 0) is 103 Å². The van der Waals surface area contributed by atoms with Crippen molar-refractivity contribution in [2.45, 2.75) is 198 Å². The van der Waals surface area contributed by atoms with Crippen molar-refractivity contribution in [2.24, 2.45) is 0 Å². The van der Waals surface area contributed by atoms with Crippen LogP contribution in [-0.4, -0.2) is 0 Å². The molecule has 0 bridgehead atoms. The van der Waals surface area contributed by atoms with Gasteiger partial charge in [0.05, 0.1) is 0 Å². The fraction of sp³-hybridized carbons (Fsp3) is 0.556. The molecule has 0 aromatic heterocycles. The van der Waals surface area contributed by atoms with Gasteiger partial charge in [-0.1, -0.05) is 179 Å². The lowest BCUT2D eigenvalue weighted by Crippen LogP contribution is -2.18. The molecule has 0 N–H and O–H groups in total. The molecule has 0 aliphatic rings.